The highest BCUT2D eigenvalue weighted by molar-refractivity contribution is 7.11. The van der Waals surface area contributed by atoms with Crippen LogP contribution in [-0.4, -0.2) is 21.3 Å². The van der Waals surface area contributed by atoms with E-state index in [1.165, 1.54) is 15.4 Å². The molecule has 0 aliphatic heterocycles. The molecule has 16 heavy (non-hydrogen) atoms. The van der Waals surface area contributed by atoms with Gasteiger partial charge in [0.2, 0.25) is 0 Å². The van der Waals surface area contributed by atoms with Crippen LogP contribution in [-0.2, 0) is 20.0 Å². The van der Waals surface area contributed by atoms with E-state index in [0.29, 0.717) is 0 Å². The summed E-state index contributed by atoms with van der Waals surface area (Å²) in [6, 6.07) is 0. The first-order valence-electron chi connectivity index (χ1n) is 5.33. The number of hydrogen-bond acceptors (Lipinski definition) is 4. The Bertz CT molecular complexity index is 404. The lowest BCUT2D eigenvalue weighted by Gasteiger charge is -2.00. The van der Waals surface area contributed by atoms with Crippen molar-refractivity contribution in [2.45, 2.75) is 19.9 Å². The summed E-state index contributed by atoms with van der Waals surface area (Å²) < 4.78 is 1.82. The fourth-order valence-electron chi connectivity index (χ4n) is 1.51. The highest BCUT2D eigenvalue weighted by atomic mass is 32.1. The number of aromatic nitrogens is 3. The Morgan fingerprint density at radius 1 is 1.44 bits per heavy atom. The van der Waals surface area contributed by atoms with Gasteiger partial charge in [0.05, 0.1) is 11.2 Å². The Balaban J connectivity index is 1.69. The van der Waals surface area contributed by atoms with Crippen LogP contribution >= 0.6 is 11.3 Å². The first kappa shape index (κ1) is 11.3. The summed E-state index contributed by atoms with van der Waals surface area (Å²) in [5, 5.41) is 8.71. The Morgan fingerprint density at radius 2 is 2.31 bits per heavy atom. The molecule has 86 valence electrons. The Hall–Kier alpha value is -1.20. The Kier molecular flexibility index (Phi) is 3.69. The third-order valence-electron chi connectivity index (χ3n) is 2.27. The molecule has 5 heteroatoms. The van der Waals surface area contributed by atoms with Crippen molar-refractivity contribution < 1.29 is 0 Å². The highest BCUT2D eigenvalue weighted by Gasteiger charge is 1.99. The third-order valence-corrected chi connectivity index (χ3v) is 3.24. The van der Waals surface area contributed by atoms with Crippen molar-refractivity contribution in [2.75, 3.05) is 6.54 Å². The molecular weight excluding hydrogens is 220 g/mol. The number of nitrogens with one attached hydrogen (secondary N) is 1. The molecule has 0 aliphatic carbocycles. The van der Waals surface area contributed by atoms with Crippen LogP contribution in [0, 0.1) is 6.92 Å². The van der Waals surface area contributed by atoms with Crippen LogP contribution in [0.4, 0.5) is 0 Å². The molecule has 2 heterocycles. The lowest BCUT2D eigenvalue weighted by molar-refractivity contribution is 0.684. The summed E-state index contributed by atoms with van der Waals surface area (Å²) in [7, 11) is 1.93. The zero-order chi connectivity index (χ0) is 11.4. The lowest BCUT2D eigenvalue weighted by atomic mass is 10.3. The summed E-state index contributed by atoms with van der Waals surface area (Å²) in [5.74, 6) is 0. The zero-order valence-corrected chi connectivity index (χ0v) is 10.4. The summed E-state index contributed by atoms with van der Waals surface area (Å²) in [6.07, 6.45) is 6.85. The molecule has 0 atom stereocenters. The SMILES string of the molecule is Cc1cnc(CCNCc2cnn(C)c2)s1. The van der Waals surface area contributed by atoms with Gasteiger partial charge in [0.25, 0.3) is 0 Å². The molecule has 2 aromatic rings. The summed E-state index contributed by atoms with van der Waals surface area (Å²) in [4.78, 5) is 5.61. The van der Waals surface area contributed by atoms with E-state index >= 15 is 0 Å². The highest BCUT2D eigenvalue weighted by Crippen LogP contribution is 2.10. The molecule has 0 aromatic carbocycles. The fraction of sp³-hybridized carbons (Fsp3) is 0.455. The average Bonchev–Trinajstić information content (AvgIpc) is 2.83. The van der Waals surface area contributed by atoms with Crippen molar-refractivity contribution in [3.05, 3.63) is 34.0 Å². The molecule has 0 saturated carbocycles. The molecule has 1 N–H and O–H groups in total. The molecule has 0 aliphatic rings. The van der Waals surface area contributed by atoms with Gasteiger partial charge in [0.15, 0.2) is 0 Å². The maximum Gasteiger partial charge on any atom is 0.0940 e. The standard InChI is InChI=1S/C11H16N4S/c1-9-5-13-11(16-9)3-4-12-6-10-7-14-15(2)8-10/h5,7-8,12H,3-4,6H2,1-2H3. The van der Waals surface area contributed by atoms with E-state index in [-0.39, 0.29) is 0 Å². The van der Waals surface area contributed by atoms with Gasteiger partial charge < -0.3 is 5.32 Å². The van der Waals surface area contributed by atoms with Gasteiger partial charge in [-0.2, -0.15) is 5.10 Å². The van der Waals surface area contributed by atoms with Gasteiger partial charge >= 0.3 is 0 Å². The van der Waals surface area contributed by atoms with Crippen molar-refractivity contribution >= 4 is 11.3 Å². The number of rotatable bonds is 5. The second-order valence-corrected chi connectivity index (χ2v) is 5.13. The largest absolute Gasteiger partial charge is 0.312 e. The van der Waals surface area contributed by atoms with Crippen LogP contribution in [0.2, 0.25) is 0 Å². The van der Waals surface area contributed by atoms with Crippen LogP contribution in [0.1, 0.15) is 15.4 Å². The van der Waals surface area contributed by atoms with E-state index in [4.69, 9.17) is 0 Å². The molecule has 0 saturated heterocycles. The molecule has 2 aromatic heterocycles. The molecule has 4 nitrogen and oxygen atoms in total. The van der Waals surface area contributed by atoms with Gasteiger partial charge in [-0.1, -0.05) is 0 Å². The van der Waals surface area contributed by atoms with Crippen LogP contribution in [0.25, 0.3) is 0 Å². The second kappa shape index (κ2) is 5.23. The quantitative estimate of drug-likeness (QED) is 0.800. The average molecular weight is 236 g/mol. The zero-order valence-electron chi connectivity index (χ0n) is 9.60. The summed E-state index contributed by atoms with van der Waals surface area (Å²) in [6.45, 7) is 3.92. The predicted molar refractivity (Wildman–Crippen MR) is 65.5 cm³/mol. The molecule has 0 unspecified atom stereocenters. The fourth-order valence-corrected chi connectivity index (χ4v) is 2.29. The molecule has 0 fully saturated rings. The number of hydrogen-bond donors (Lipinski definition) is 1. The minimum Gasteiger partial charge on any atom is -0.312 e. The van der Waals surface area contributed by atoms with Crippen molar-refractivity contribution in [3.63, 3.8) is 0 Å². The Morgan fingerprint density at radius 3 is 2.94 bits per heavy atom. The van der Waals surface area contributed by atoms with E-state index in [9.17, 15) is 0 Å². The lowest BCUT2D eigenvalue weighted by Crippen LogP contribution is -2.16. The van der Waals surface area contributed by atoms with Crippen LogP contribution < -0.4 is 5.32 Å². The summed E-state index contributed by atoms with van der Waals surface area (Å²) in [5.41, 5.74) is 1.22. The number of thiazole rings is 1. The first-order valence-corrected chi connectivity index (χ1v) is 6.15. The van der Waals surface area contributed by atoms with E-state index in [0.717, 1.165) is 19.5 Å². The first-order chi connectivity index (χ1) is 7.74. The van der Waals surface area contributed by atoms with Gasteiger partial charge in [0, 0.05) is 49.4 Å². The monoisotopic (exact) mass is 236 g/mol. The van der Waals surface area contributed by atoms with Gasteiger partial charge in [-0.05, 0) is 6.92 Å². The van der Waals surface area contributed by atoms with Crippen LogP contribution in [0.15, 0.2) is 18.6 Å². The van der Waals surface area contributed by atoms with E-state index in [1.807, 2.05) is 30.3 Å². The minimum atomic E-state index is 0.873. The Labute approximate surface area is 99.3 Å². The molecule has 0 bridgehead atoms. The van der Waals surface area contributed by atoms with Crippen molar-refractivity contribution in [1.82, 2.24) is 20.1 Å². The van der Waals surface area contributed by atoms with Gasteiger partial charge in [-0.15, -0.1) is 11.3 Å². The summed E-state index contributed by atoms with van der Waals surface area (Å²) >= 11 is 1.77. The van der Waals surface area contributed by atoms with Crippen molar-refractivity contribution in [3.8, 4) is 0 Å². The normalized spacial score (nSPS) is 10.9. The topological polar surface area (TPSA) is 42.7 Å². The maximum atomic E-state index is 4.33. The van der Waals surface area contributed by atoms with Crippen molar-refractivity contribution in [2.24, 2.45) is 7.05 Å². The van der Waals surface area contributed by atoms with E-state index in [2.05, 4.69) is 22.3 Å². The third kappa shape index (κ3) is 3.15. The van der Waals surface area contributed by atoms with Gasteiger partial charge in [0.1, 0.15) is 0 Å². The maximum absolute atomic E-state index is 4.33. The number of aryl methyl sites for hydroxylation is 2. The molecule has 0 spiro atoms. The predicted octanol–water partition coefficient (Wildman–Crippen LogP) is 1.52. The van der Waals surface area contributed by atoms with Crippen molar-refractivity contribution in [1.29, 1.82) is 0 Å². The number of nitrogens with zero attached hydrogens (tertiary/aromatic N) is 3. The van der Waals surface area contributed by atoms with Crippen LogP contribution in [0.5, 0.6) is 0 Å². The van der Waals surface area contributed by atoms with Crippen LogP contribution in [0.3, 0.4) is 0 Å². The van der Waals surface area contributed by atoms with E-state index < -0.39 is 0 Å². The molecule has 0 amide bonds. The van der Waals surface area contributed by atoms with E-state index in [1.54, 1.807) is 11.3 Å². The minimum absolute atomic E-state index is 0.873. The molecular formula is C11H16N4S. The smallest absolute Gasteiger partial charge is 0.0940 e. The van der Waals surface area contributed by atoms with Gasteiger partial charge in [-0.25, -0.2) is 4.98 Å². The molecule has 0 radical (unpaired) electrons. The molecule has 2 rings (SSSR count). The van der Waals surface area contributed by atoms with Gasteiger partial charge in [-0.3, -0.25) is 4.68 Å². The second-order valence-electron chi connectivity index (χ2n) is 3.81.